The number of amides is 1. The van der Waals surface area contributed by atoms with Gasteiger partial charge in [0.2, 0.25) is 5.91 Å². The highest BCUT2D eigenvalue weighted by Gasteiger charge is 2.54. The summed E-state index contributed by atoms with van der Waals surface area (Å²) >= 11 is 6.32. The number of esters is 1. The number of ether oxygens (including phenoxy) is 1. The molecule has 0 fully saturated rings. The Balaban J connectivity index is 1.60. The van der Waals surface area contributed by atoms with Crippen LogP contribution in [0.3, 0.4) is 0 Å². The molecule has 2 aromatic carbocycles. The first-order valence-electron chi connectivity index (χ1n) is 10.3. The van der Waals surface area contributed by atoms with E-state index in [4.69, 9.17) is 16.3 Å². The van der Waals surface area contributed by atoms with Crippen molar-refractivity contribution in [2.75, 3.05) is 12.0 Å². The molecule has 2 heterocycles. The van der Waals surface area contributed by atoms with Gasteiger partial charge in [0.1, 0.15) is 0 Å². The summed E-state index contributed by atoms with van der Waals surface area (Å²) in [6.07, 6.45) is 5.70. The minimum Gasteiger partial charge on any atom is -0.465 e. The first-order valence-corrected chi connectivity index (χ1v) is 10.7. The summed E-state index contributed by atoms with van der Waals surface area (Å²) in [5.74, 6) is -0.365. The van der Waals surface area contributed by atoms with E-state index in [2.05, 4.69) is 12.0 Å². The third kappa shape index (κ3) is 2.97. The van der Waals surface area contributed by atoms with Crippen LogP contribution in [0.25, 0.3) is 0 Å². The maximum atomic E-state index is 14.0. The Labute approximate surface area is 185 Å². The zero-order valence-corrected chi connectivity index (χ0v) is 18.1. The lowest BCUT2D eigenvalue weighted by atomic mass is 9.79. The molecule has 1 spiro atoms. The molecule has 1 unspecified atom stereocenters. The van der Waals surface area contributed by atoms with Crippen molar-refractivity contribution in [1.82, 2.24) is 9.78 Å². The van der Waals surface area contributed by atoms with Gasteiger partial charge in [-0.25, -0.2) is 4.79 Å². The van der Waals surface area contributed by atoms with E-state index >= 15 is 0 Å². The van der Waals surface area contributed by atoms with Crippen LogP contribution in [0.2, 0.25) is 5.02 Å². The fourth-order valence-corrected chi connectivity index (χ4v) is 5.04. The zero-order chi connectivity index (χ0) is 21.8. The number of benzene rings is 2. The van der Waals surface area contributed by atoms with Gasteiger partial charge in [-0.2, -0.15) is 5.10 Å². The number of carbonyl (C=O) groups is 2. The molecule has 0 radical (unpaired) electrons. The molecular weight excluding hydrogens is 414 g/mol. The maximum absolute atomic E-state index is 14.0. The second-order valence-electron chi connectivity index (χ2n) is 8.17. The monoisotopic (exact) mass is 435 g/mol. The SMILES string of the molecule is CCCn1cc(N2C(=O)C3(Cc4ccc(C(=O)OC)cc4C3)c3ccc(Cl)cc32)cn1. The van der Waals surface area contributed by atoms with Gasteiger partial charge < -0.3 is 4.74 Å². The number of aryl methyl sites for hydroxylation is 1. The highest BCUT2D eigenvalue weighted by molar-refractivity contribution is 6.31. The van der Waals surface area contributed by atoms with Crippen molar-refractivity contribution in [3.8, 4) is 0 Å². The second kappa shape index (κ2) is 7.24. The van der Waals surface area contributed by atoms with Gasteiger partial charge in [0.25, 0.3) is 0 Å². The first-order chi connectivity index (χ1) is 15.0. The summed E-state index contributed by atoms with van der Waals surface area (Å²) in [5.41, 5.74) is 4.36. The van der Waals surface area contributed by atoms with E-state index in [1.54, 1.807) is 17.2 Å². The quantitative estimate of drug-likeness (QED) is 0.568. The van der Waals surface area contributed by atoms with Gasteiger partial charge in [0.05, 0.1) is 35.7 Å². The molecule has 6 nitrogen and oxygen atoms in total. The minimum absolute atomic E-state index is 0.0108. The van der Waals surface area contributed by atoms with Crippen LogP contribution in [-0.2, 0) is 34.3 Å². The van der Waals surface area contributed by atoms with Crippen molar-refractivity contribution >= 4 is 34.9 Å². The lowest BCUT2D eigenvalue weighted by Gasteiger charge is -2.23. The normalized spacial score (nSPS) is 19.1. The lowest BCUT2D eigenvalue weighted by Crippen LogP contribution is -2.39. The average Bonchev–Trinajstić information content (AvgIpc) is 3.43. The van der Waals surface area contributed by atoms with E-state index in [0.29, 0.717) is 23.4 Å². The summed E-state index contributed by atoms with van der Waals surface area (Å²) in [6.45, 7) is 2.88. The van der Waals surface area contributed by atoms with Crippen LogP contribution in [-0.4, -0.2) is 28.8 Å². The number of rotatable bonds is 4. The molecule has 1 amide bonds. The van der Waals surface area contributed by atoms with Crippen LogP contribution < -0.4 is 4.90 Å². The zero-order valence-electron chi connectivity index (χ0n) is 17.4. The third-order valence-electron chi connectivity index (χ3n) is 6.27. The molecule has 5 rings (SSSR count). The standard InChI is InChI=1S/C24H22ClN3O3/c1-3-8-27-14-19(13-26-27)28-21-10-18(25)6-7-20(21)24(23(28)30)11-16-5-4-15(22(29)31-2)9-17(16)12-24/h4-7,9-10,13-14H,3,8,11-12H2,1-2H3. The maximum Gasteiger partial charge on any atom is 0.337 e. The van der Waals surface area contributed by atoms with E-state index in [1.807, 2.05) is 41.2 Å². The Hall–Kier alpha value is -3.12. The number of anilines is 2. The van der Waals surface area contributed by atoms with Gasteiger partial charge >= 0.3 is 5.97 Å². The number of halogens is 1. The topological polar surface area (TPSA) is 64.4 Å². The smallest absolute Gasteiger partial charge is 0.337 e. The summed E-state index contributed by atoms with van der Waals surface area (Å²) in [7, 11) is 1.37. The molecule has 0 N–H and O–H groups in total. The van der Waals surface area contributed by atoms with Crippen molar-refractivity contribution < 1.29 is 14.3 Å². The van der Waals surface area contributed by atoms with Crippen LogP contribution in [0.15, 0.2) is 48.8 Å². The number of methoxy groups -OCH3 is 1. The van der Waals surface area contributed by atoms with Gasteiger partial charge in [-0.3, -0.25) is 14.4 Å². The molecule has 3 aromatic rings. The largest absolute Gasteiger partial charge is 0.465 e. The van der Waals surface area contributed by atoms with Gasteiger partial charge in [-0.15, -0.1) is 0 Å². The molecule has 1 atom stereocenters. The molecule has 0 bridgehead atoms. The molecule has 0 saturated heterocycles. The van der Waals surface area contributed by atoms with E-state index in [-0.39, 0.29) is 11.9 Å². The minimum atomic E-state index is -0.718. The van der Waals surface area contributed by atoms with E-state index < -0.39 is 5.41 Å². The van der Waals surface area contributed by atoms with Crippen LogP contribution in [0.1, 0.15) is 40.4 Å². The van der Waals surface area contributed by atoms with Gasteiger partial charge in [0.15, 0.2) is 0 Å². The molecule has 1 aliphatic heterocycles. The highest BCUT2D eigenvalue weighted by Crippen LogP contribution is 2.52. The van der Waals surface area contributed by atoms with Gasteiger partial charge in [0, 0.05) is 17.8 Å². The predicted molar refractivity (Wildman–Crippen MR) is 118 cm³/mol. The average molecular weight is 436 g/mol. The van der Waals surface area contributed by atoms with Gasteiger partial charge in [-0.1, -0.05) is 30.7 Å². The number of hydrogen-bond donors (Lipinski definition) is 0. The Morgan fingerprint density at radius 2 is 2.00 bits per heavy atom. The van der Waals surface area contributed by atoms with Crippen molar-refractivity contribution in [3.05, 3.63) is 76.1 Å². The van der Waals surface area contributed by atoms with Crippen molar-refractivity contribution in [1.29, 1.82) is 0 Å². The summed E-state index contributed by atoms with van der Waals surface area (Å²) in [5, 5.41) is 5.00. The first kappa shape index (κ1) is 19.8. The Morgan fingerprint density at radius 3 is 2.77 bits per heavy atom. The molecule has 158 valence electrons. The fourth-order valence-electron chi connectivity index (χ4n) is 4.87. The molecular formula is C24H22ClN3O3. The number of fused-ring (bicyclic) bond motifs is 3. The number of hydrogen-bond acceptors (Lipinski definition) is 4. The molecule has 2 aliphatic rings. The van der Waals surface area contributed by atoms with Crippen molar-refractivity contribution in [2.24, 2.45) is 0 Å². The lowest BCUT2D eigenvalue weighted by molar-refractivity contribution is -0.122. The summed E-state index contributed by atoms with van der Waals surface area (Å²) in [6, 6.07) is 11.2. The van der Waals surface area contributed by atoms with Crippen LogP contribution in [0, 0.1) is 0 Å². The van der Waals surface area contributed by atoms with Crippen LogP contribution in [0.5, 0.6) is 0 Å². The molecule has 0 saturated carbocycles. The summed E-state index contributed by atoms with van der Waals surface area (Å²) in [4.78, 5) is 27.7. The van der Waals surface area contributed by atoms with Crippen LogP contribution >= 0.6 is 11.6 Å². The number of nitrogens with zero attached hydrogens (tertiary/aromatic N) is 3. The van der Waals surface area contributed by atoms with Crippen molar-refractivity contribution in [3.63, 3.8) is 0 Å². The molecule has 31 heavy (non-hydrogen) atoms. The van der Waals surface area contributed by atoms with E-state index in [9.17, 15) is 9.59 Å². The fraction of sp³-hybridized carbons (Fsp3) is 0.292. The van der Waals surface area contributed by atoms with E-state index in [0.717, 1.165) is 41.0 Å². The highest BCUT2D eigenvalue weighted by atomic mass is 35.5. The summed E-state index contributed by atoms with van der Waals surface area (Å²) < 4.78 is 6.71. The van der Waals surface area contributed by atoms with Crippen LogP contribution in [0.4, 0.5) is 11.4 Å². The van der Waals surface area contributed by atoms with Crippen molar-refractivity contribution in [2.45, 2.75) is 38.1 Å². The van der Waals surface area contributed by atoms with E-state index in [1.165, 1.54) is 7.11 Å². The third-order valence-corrected chi connectivity index (χ3v) is 6.51. The molecule has 1 aliphatic carbocycles. The molecule has 7 heteroatoms. The Bertz CT molecular complexity index is 1220. The second-order valence-corrected chi connectivity index (χ2v) is 8.61. The number of aromatic nitrogens is 2. The van der Waals surface area contributed by atoms with Gasteiger partial charge in [-0.05, 0) is 60.2 Å². The Morgan fingerprint density at radius 1 is 1.19 bits per heavy atom. The Kier molecular flexibility index (Phi) is 4.63. The molecule has 1 aromatic heterocycles. The number of carbonyl (C=O) groups excluding carboxylic acids is 2. The predicted octanol–water partition coefficient (Wildman–Crippen LogP) is 4.45.